The predicted molar refractivity (Wildman–Crippen MR) is 58.4 cm³/mol. The number of hydrogen-bond donors (Lipinski definition) is 1. The van der Waals surface area contributed by atoms with Crippen molar-refractivity contribution >= 4 is 0 Å². The van der Waals surface area contributed by atoms with Crippen molar-refractivity contribution in [3.05, 3.63) is 0 Å². The Hall–Kier alpha value is -0.0800. The van der Waals surface area contributed by atoms with Crippen LogP contribution in [0.4, 0.5) is 0 Å². The molecule has 2 aliphatic rings. The van der Waals surface area contributed by atoms with Gasteiger partial charge in [-0.05, 0) is 38.0 Å². The largest absolute Gasteiger partial charge is 0.372 e. The standard InChI is InChI=1S/C12H23NO/c1-10-12(14-9-8-13-10)6-4-11(2,3)5-7-12/h10,13H,4-9H2,1-3H3. The molecule has 1 heterocycles. The summed E-state index contributed by atoms with van der Waals surface area (Å²) in [5, 5.41) is 3.54. The van der Waals surface area contributed by atoms with Gasteiger partial charge in [-0.2, -0.15) is 0 Å². The van der Waals surface area contributed by atoms with Gasteiger partial charge >= 0.3 is 0 Å². The highest BCUT2D eigenvalue weighted by atomic mass is 16.5. The van der Waals surface area contributed by atoms with Crippen molar-refractivity contribution in [2.45, 2.75) is 58.1 Å². The van der Waals surface area contributed by atoms with Gasteiger partial charge < -0.3 is 10.1 Å². The van der Waals surface area contributed by atoms with Gasteiger partial charge in [0.1, 0.15) is 0 Å². The quantitative estimate of drug-likeness (QED) is 0.643. The summed E-state index contributed by atoms with van der Waals surface area (Å²) in [5.41, 5.74) is 0.694. The van der Waals surface area contributed by atoms with E-state index in [1.165, 1.54) is 25.7 Å². The van der Waals surface area contributed by atoms with E-state index in [2.05, 4.69) is 26.1 Å². The second kappa shape index (κ2) is 3.49. The first-order valence-corrected chi connectivity index (χ1v) is 5.92. The zero-order chi connectivity index (χ0) is 10.2. The first-order valence-electron chi connectivity index (χ1n) is 5.92. The summed E-state index contributed by atoms with van der Waals surface area (Å²) in [5.74, 6) is 0. The Morgan fingerprint density at radius 3 is 2.36 bits per heavy atom. The average molecular weight is 197 g/mol. The first kappa shape index (κ1) is 10.4. The van der Waals surface area contributed by atoms with Gasteiger partial charge in [0.05, 0.1) is 12.2 Å². The normalized spacial score (nSPS) is 35.8. The van der Waals surface area contributed by atoms with Crippen molar-refractivity contribution in [1.29, 1.82) is 0 Å². The molecule has 1 spiro atoms. The molecule has 1 unspecified atom stereocenters. The third-order valence-electron chi connectivity index (χ3n) is 4.18. The van der Waals surface area contributed by atoms with E-state index in [9.17, 15) is 0 Å². The lowest BCUT2D eigenvalue weighted by Gasteiger charge is -2.49. The molecule has 2 heteroatoms. The Kier molecular flexibility index (Phi) is 2.61. The Labute approximate surface area is 87.4 Å². The van der Waals surface area contributed by atoms with E-state index in [1.807, 2.05) is 0 Å². The third kappa shape index (κ3) is 1.82. The van der Waals surface area contributed by atoms with Gasteiger partial charge in [0.2, 0.25) is 0 Å². The maximum atomic E-state index is 6.05. The minimum Gasteiger partial charge on any atom is -0.372 e. The van der Waals surface area contributed by atoms with Crippen LogP contribution >= 0.6 is 0 Å². The highest BCUT2D eigenvalue weighted by molar-refractivity contribution is 4.98. The van der Waals surface area contributed by atoms with Crippen LogP contribution in [0.2, 0.25) is 0 Å². The molecular formula is C12H23NO. The van der Waals surface area contributed by atoms with Crippen LogP contribution in [0.1, 0.15) is 46.5 Å². The molecule has 0 aromatic rings. The number of rotatable bonds is 0. The van der Waals surface area contributed by atoms with Crippen molar-refractivity contribution in [2.24, 2.45) is 5.41 Å². The van der Waals surface area contributed by atoms with Crippen LogP contribution < -0.4 is 5.32 Å². The topological polar surface area (TPSA) is 21.3 Å². The van der Waals surface area contributed by atoms with Gasteiger partial charge in [0, 0.05) is 12.6 Å². The molecule has 2 nitrogen and oxygen atoms in total. The average Bonchev–Trinajstić information content (AvgIpc) is 2.15. The van der Waals surface area contributed by atoms with E-state index in [4.69, 9.17) is 4.74 Å². The smallest absolute Gasteiger partial charge is 0.0833 e. The van der Waals surface area contributed by atoms with Crippen LogP contribution in [0.15, 0.2) is 0 Å². The van der Waals surface area contributed by atoms with Crippen molar-refractivity contribution in [1.82, 2.24) is 5.32 Å². The lowest BCUT2D eigenvalue weighted by molar-refractivity contribution is -0.127. The van der Waals surface area contributed by atoms with Crippen LogP contribution in [-0.4, -0.2) is 24.8 Å². The zero-order valence-corrected chi connectivity index (χ0v) is 9.73. The van der Waals surface area contributed by atoms with E-state index in [-0.39, 0.29) is 5.60 Å². The summed E-state index contributed by atoms with van der Waals surface area (Å²) in [6.45, 7) is 8.94. The second-order valence-corrected chi connectivity index (χ2v) is 5.75. The Morgan fingerprint density at radius 2 is 1.79 bits per heavy atom. The van der Waals surface area contributed by atoms with Crippen LogP contribution in [0.25, 0.3) is 0 Å². The van der Waals surface area contributed by atoms with Crippen LogP contribution in [0.3, 0.4) is 0 Å². The van der Waals surface area contributed by atoms with E-state index in [0.29, 0.717) is 11.5 Å². The summed E-state index contributed by atoms with van der Waals surface area (Å²) in [4.78, 5) is 0. The fourth-order valence-corrected chi connectivity index (χ4v) is 2.77. The molecule has 14 heavy (non-hydrogen) atoms. The molecule has 0 amide bonds. The number of ether oxygens (including phenoxy) is 1. The fraction of sp³-hybridized carbons (Fsp3) is 1.00. The fourth-order valence-electron chi connectivity index (χ4n) is 2.77. The van der Waals surface area contributed by atoms with Crippen LogP contribution in [0.5, 0.6) is 0 Å². The van der Waals surface area contributed by atoms with Crippen LogP contribution in [0, 0.1) is 5.41 Å². The van der Waals surface area contributed by atoms with Crippen molar-refractivity contribution < 1.29 is 4.74 Å². The highest BCUT2D eigenvalue weighted by Crippen LogP contribution is 2.44. The lowest BCUT2D eigenvalue weighted by atomic mass is 9.68. The minimum atomic E-state index is 0.160. The third-order valence-corrected chi connectivity index (χ3v) is 4.18. The lowest BCUT2D eigenvalue weighted by Crippen LogP contribution is -2.58. The predicted octanol–water partition coefficient (Wildman–Crippen LogP) is 2.33. The SMILES string of the molecule is CC1NCCOC12CCC(C)(C)CC2. The molecule has 1 saturated heterocycles. The van der Waals surface area contributed by atoms with Gasteiger partial charge in [-0.3, -0.25) is 0 Å². The summed E-state index contributed by atoms with van der Waals surface area (Å²) in [6, 6.07) is 0.535. The zero-order valence-electron chi connectivity index (χ0n) is 9.73. The van der Waals surface area contributed by atoms with Gasteiger partial charge in [0.15, 0.2) is 0 Å². The maximum Gasteiger partial charge on any atom is 0.0833 e. The number of morpholine rings is 1. The molecule has 1 aliphatic carbocycles. The highest BCUT2D eigenvalue weighted by Gasteiger charge is 2.44. The molecule has 0 radical (unpaired) electrons. The molecule has 82 valence electrons. The molecule has 2 fully saturated rings. The van der Waals surface area contributed by atoms with E-state index in [1.54, 1.807) is 0 Å². The first-order chi connectivity index (χ1) is 6.54. The Bertz CT molecular complexity index is 202. The monoisotopic (exact) mass is 197 g/mol. The van der Waals surface area contributed by atoms with Gasteiger partial charge in [-0.15, -0.1) is 0 Å². The maximum absolute atomic E-state index is 6.05. The molecular weight excluding hydrogens is 174 g/mol. The van der Waals surface area contributed by atoms with Gasteiger partial charge in [0.25, 0.3) is 0 Å². The Morgan fingerprint density at radius 1 is 1.14 bits per heavy atom. The molecule has 1 atom stereocenters. The summed E-state index contributed by atoms with van der Waals surface area (Å²) in [7, 11) is 0. The van der Waals surface area contributed by atoms with Crippen molar-refractivity contribution in [3.8, 4) is 0 Å². The van der Waals surface area contributed by atoms with Crippen molar-refractivity contribution in [2.75, 3.05) is 13.2 Å². The second-order valence-electron chi connectivity index (χ2n) is 5.75. The van der Waals surface area contributed by atoms with Crippen LogP contribution in [-0.2, 0) is 4.74 Å². The molecule has 1 N–H and O–H groups in total. The molecule has 1 saturated carbocycles. The minimum absolute atomic E-state index is 0.160. The molecule has 2 rings (SSSR count). The van der Waals surface area contributed by atoms with E-state index in [0.717, 1.165) is 13.2 Å². The summed E-state index contributed by atoms with van der Waals surface area (Å²) in [6.07, 6.45) is 5.07. The molecule has 1 aliphatic heterocycles. The van der Waals surface area contributed by atoms with E-state index >= 15 is 0 Å². The molecule has 0 bridgehead atoms. The number of nitrogens with one attached hydrogen (secondary N) is 1. The van der Waals surface area contributed by atoms with Crippen molar-refractivity contribution in [3.63, 3.8) is 0 Å². The Balaban J connectivity index is 2.03. The summed E-state index contributed by atoms with van der Waals surface area (Å²) < 4.78 is 6.05. The number of hydrogen-bond acceptors (Lipinski definition) is 2. The molecule has 0 aromatic carbocycles. The summed E-state index contributed by atoms with van der Waals surface area (Å²) >= 11 is 0. The van der Waals surface area contributed by atoms with E-state index < -0.39 is 0 Å². The van der Waals surface area contributed by atoms with Gasteiger partial charge in [-0.1, -0.05) is 13.8 Å². The van der Waals surface area contributed by atoms with Gasteiger partial charge in [-0.25, -0.2) is 0 Å². The molecule has 0 aromatic heterocycles.